The Labute approximate surface area is 124 Å². The lowest BCUT2D eigenvalue weighted by atomic mass is 10.1. The van der Waals surface area contributed by atoms with Gasteiger partial charge in [-0.15, -0.1) is 0 Å². The summed E-state index contributed by atoms with van der Waals surface area (Å²) in [6.45, 7) is 4.90. The third-order valence-electron chi connectivity index (χ3n) is 3.66. The van der Waals surface area contributed by atoms with Crippen LogP contribution < -0.4 is 10.1 Å². The Morgan fingerprint density at radius 2 is 2.05 bits per heavy atom. The Balaban J connectivity index is 1.62. The first-order valence-electron chi connectivity index (χ1n) is 6.88. The summed E-state index contributed by atoms with van der Waals surface area (Å²) in [5, 5.41) is 4.19. The maximum atomic E-state index is 6.13. The lowest BCUT2D eigenvalue weighted by Gasteiger charge is -2.13. The molecule has 1 aliphatic heterocycles. The molecule has 0 radical (unpaired) electrons. The minimum atomic E-state index is 0.187. The van der Waals surface area contributed by atoms with E-state index in [1.165, 1.54) is 11.1 Å². The van der Waals surface area contributed by atoms with E-state index < -0.39 is 0 Å². The molecule has 2 nitrogen and oxygen atoms in total. The van der Waals surface area contributed by atoms with Crippen molar-refractivity contribution in [1.82, 2.24) is 0 Å². The van der Waals surface area contributed by atoms with Crippen LogP contribution >= 0.6 is 11.6 Å². The molecule has 2 aromatic carbocycles. The molecule has 0 saturated carbocycles. The molecule has 3 rings (SSSR count). The molecule has 0 amide bonds. The highest BCUT2D eigenvalue weighted by atomic mass is 35.5. The van der Waals surface area contributed by atoms with Crippen LogP contribution in [0.5, 0.6) is 5.75 Å². The summed E-state index contributed by atoms with van der Waals surface area (Å²) < 4.78 is 5.94. The van der Waals surface area contributed by atoms with E-state index in [4.69, 9.17) is 16.3 Å². The third kappa shape index (κ3) is 2.75. The van der Waals surface area contributed by atoms with Crippen LogP contribution in [0.2, 0.25) is 5.02 Å². The second kappa shape index (κ2) is 5.37. The molecule has 1 heterocycles. The van der Waals surface area contributed by atoms with Crippen LogP contribution in [0.25, 0.3) is 0 Å². The number of halogens is 1. The molecular formula is C17H18ClNO. The first-order valence-corrected chi connectivity index (χ1v) is 7.26. The van der Waals surface area contributed by atoms with E-state index in [0.717, 1.165) is 35.0 Å². The van der Waals surface area contributed by atoms with Crippen molar-refractivity contribution in [2.45, 2.75) is 26.4 Å². The quantitative estimate of drug-likeness (QED) is 0.905. The summed E-state index contributed by atoms with van der Waals surface area (Å²) >= 11 is 6.13. The summed E-state index contributed by atoms with van der Waals surface area (Å²) in [7, 11) is 0. The molecular weight excluding hydrogens is 270 g/mol. The van der Waals surface area contributed by atoms with E-state index in [9.17, 15) is 0 Å². The van der Waals surface area contributed by atoms with Crippen molar-refractivity contribution in [3.8, 4) is 5.75 Å². The van der Waals surface area contributed by atoms with Gasteiger partial charge in [0.25, 0.3) is 0 Å². The van der Waals surface area contributed by atoms with Gasteiger partial charge < -0.3 is 10.1 Å². The molecule has 20 heavy (non-hydrogen) atoms. The minimum Gasteiger partial charge on any atom is -0.488 e. The maximum Gasteiger partial charge on any atom is 0.123 e. The highest BCUT2D eigenvalue weighted by Gasteiger charge is 2.22. The van der Waals surface area contributed by atoms with E-state index in [-0.39, 0.29) is 6.10 Å². The fourth-order valence-corrected chi connectivity index (χ4v) is 2.68. The lowest BCUT2D eigenvalue weighted by Crippen LogP contribution is -2.23. The lowest BCUT2D eigenvalue weighted by molar-refractivity contribution is 0.246. The second-order valence-electron chi connectivity index (χ2n) is 5.40. The average molecular weight is 288 g/mol. The summed E-state index contributed by atoms with van der Waals surface area (Å²) in [5.74, 6) is 1.02. The van der Waals surface area contributed by atoms with E-state index in [1.54, 1.807) is 0 Å². The number of hydrogen-bond acceptors (Lipinski definition) is 2. The van der Waals surface area contributed by atoms with Crippen LogP contribution in [0.3, 0.4) is 0 Å². The number of fused-ring (bicyclic) bond motifs is 1. The summed E-state index contributed by atoms with van der Waals surface area (Å²) in [5.41, 5.74) is 4.72. The van der Waals surface area contributed by atoms with Crippen molar-refractivity contribution < 1.29 is 4.74 Å². The Bertz CT molecular complexity index is 639. The van der Waals surface area contributed by atoms with Gasteiger partial charge in [0, 0.05) is 17.1 Å². The Morgan fingerprint density at radius 1 is 1.20 bits per heavy atom. The number of anilines is 1. The summed E-state index contributed by atoms with van der Waals surface area (Å²) in [6, 6.07) is 12.4. The van der Waals surface area contributed by atoms with Gasteiger partial charge in [-0.3, -0.25) is 0 Å². The van der Waals surface area contributed by atoms with Crippen molar-refractivity contribution in [3.05, 3.63) is 58.1 Å². The topological polar surface area (TPSA) is 21.3 Å². The third-order valence-corrected chi connectivity index (χ3v) is 4.07. The fourth-order valence-electron chi connectivity index (χ4n) is 2.50. The van der Waals surface area contributed by atoms with E-state index >= 15 is 0 Å². The van der Waals surface area contributed by atoms with Gasteiger partial charge in [0.2, 0.25) is 0 Å². The number of hydrogen-bond donors (Lipinski definition) is 1. The standard InChI is InChI=1S/C17H18ClNO/c1-11-3-6-17-13(7-11)8-15(20-17)10-19-14-5-4-12(2)16(18)9-14/h3-7,9,15,19H,8,10H2,1-2H3. The first kappa shape index (κ1) is 13.3. The van der Waals surface area contributed by atoms with Gasteiger partial charge in [-0.2, -0.15) is 0 Å². The molecule has 0 bridgehead atoms. The maximum absolute atomic E-state index is 6.13. The summed E-state index contributed by atoms with van der Waals surface area (Å²) in [4.78, 5) is 0. The highest BCUT2D eigenvalue weighted by Crippen LogP contribution is 2.29. The molecule has 2 aromatic rings. The Morgan fingerprint density at radius 3 is 2.85 bits per heavy atom. The molecule has 1 aliphatic rings. The predicted octanol–water partition coefficient (Wildman–Crippen LogP) is 4.37. The van der Waals surface area contributed by atoms with Gasteiger partial charge in [0.1, 0.15) is 11.9 Å². The second-order valence-corrected chi connectivity index (χ2v) is 5.81. The van der Waals surface area contributed by atoms with Crippen LogP contribution in [0, 0.1) is 13.8 Å². The first-order chi connectivity index (χ1) is 9.61. The fraction of sp³-hybridized carbons (Fsp3) is 0.294. The minimum absolute atomic E-state index is 0.187. The summed E-state index contributed by atoms with van der Waals surface area (Å²) in [6.07, 6.45) is 1.15. The number of nitrogens with one attached hydrogen (secondary N) is 1. The molecule has 0 aromatic heterocycles. The van der Waals surface area contributed by atoms with Crippen LogP contribution in [0.15, 0.2) is 36.4 Å². The SMILES string of the molecule is Cc1ccc2c(c1)CC(CNc1ccc(C)c(Cl)c1)O2. The largest absolute Gasteiger partial charge is 0.488 e. The molecule has 1 unspecified atom stereocenters. The monoisotopic (exact) mass is 287 g/mol. The molecule has 1 atom stereocenters. The van der Waals surface area contributed by atoms with Crippen molar-refractivity contribution in [1.29, 1.82) is 0 Å². The number of benzene rings is 2. The molecule has 0 spiro atoms. The van der Waals surface area contributed by atoms with Gasteiger partial charge in [0.05, 0.1) is 6.54 Å². The van der Waals surface area contributed by atoms with Gasteiger partial charge >= 0.3 is 0 Å². The smallest absolute Gasteiger partial charge is 0.123 e. The number of aryl methyl sites for hydroxylation is 2. The molecule has 0 saturated heterocycles. The average Bonchev–Trinajstić information content (AvgIpc) is 2.82. The number of rotatable bonds is 3. The van der Waals surface area contributed by atoms with Gasteiger partial charge in [-0.05, 0) is 43.2 Å². The Hall–Kier alpha value is -1.67. The van der Waals surface area contributed by atoms with Gasteiger partial charge in [-0.1, -0.05) is 35.4 Å². The molecule has 104 valence electrons. The van der Waals surface area contributed by atoms with Crippen molar-refractivity contribution in [2.75, 3.05) is 11.9 Å². The van der Waals surface area contributed by atoms with E-state index in [2.05, 4.69) is 30.4 Å². The van der Waals surface area contributed by atoms with Gasteiger partial charge in [-0.25, -0.2) is 0 Å². The van der Waals surface area contributed by atoms with Crippen molar-refractivity contribution in [3.63, 3.8) is 0 Å². The van der Waals surface area contributed by atoms with Gasteiger partial charge in [0.15, 0.2) is 0 Å². The Kier molecular flexibility index (Phi) is 3.58. The molecule has 3 heteroatoms. The molecule has 1 N–H and O–H groups in total. The van der Waals surface area contributed by atoms with Crippen LogP contribution in [0.1, 0.15) is 16.7 Å². The van der Waals surface area contributed by atoms with E-state index in [1.807, 2.05) is 25.1 Å². The highest BCUT2D eigenvalue weighted by molar-refractivity contribution is 6.31. The zero-order valence-corrected chi connectivity index (χ0v) is 12.5. The normalized spacial score (nSPS) is 16.6. The van der Waals surface area contributed by atoms with Crippen LogP contribution in [-0.2, 0) is 6.42 Å². The van der Waals surface area contributed by atoms with Crippen LogP contribution in [0.4, 0.5) is 5.69 Å². The van der Waals surface area contributed by atoms with Crippen molar-refractivity contribution >= 4 is 17.3 Å². The zero-order chi connectivity index (χ0) is 14.1. The predicted molar refractivity (Wildman–Crippen MR) is 84.0 cm³/mol. The number of ether oxygens (including phenoxy) is 1. The molecule has 0 aliphatic carbocycles. The zero-order valence-electron chi connectivity index (χ0n) is 11.7. The van der Waals surface area contributed by atoms with E-state index in [0.29, 0.717) is 0 Å². The van der Waals surface area contributed by atoms with Crippen molar-refractivity contribution in [2.24, 2.45) is 0 Å². The molecule has 0 fully saturated rings. The van der Waals surface area contributed by atoms with Crippen LogP contribution in [-0.4, -0.2) is 12.6 Å².